The van der Waals surface area contributed by atoms with Gasteiger partial charge in [0, 0.05) is 12.1 Å². The van der Waals surface area contributed by atoms with Gasteiger partial charge >= 0.3 is 0 Å². The smallest absolute Gasteiger partial charge is 0.161 e. The molecule has 1 aromatic rings. The van der Waals surface area contributed by atoms with E-state index in [1.54, 1.807) is 7.11 Å². The zero-order chi connectivity index (χ0) is 14.6. The lowest BCUT2D eigenvalue weighted by atomic mass is 9.75. The number of nitrogens with one attached hydrogen (secondary N) is 1. The van der Waals surface area contributed by atoms with E-state index >= 15 is 0 Å². The molecular weight excluding hydrogens is 250 g/mol. The van der Waals surface area contributed by atoms with E-state index in [1.807, 2.05) is 19.9 Å². The topological polar surface area (TPSA) is 30.5 Å². The Morgan fingerprint density at radius 3 is 2.50 bits per heavy atom. The van der Waals surface area contributed by atoms with Crippen LogP contribution in [0.5, 0.6) is 11.5 Å². The molecule has 0 amide bonds. The summed E-state index contributed by atoms with van der Waals surface area (Å²) in [5.41, 5.74) is 1.62. The molecule has 0 bridgehead atoms. The van der Waals surface area contributed by atoms with Crippen LogP contribution in [-0.2, 0) is 6.54 Å². The van der Waals surface area contributed by atoms with Gasteiger partial charge in [0.15, 0.2) is 11.5 Å². The van der Waals surface area contributed by atoms with E-state index in [0.29, 0.717) is 5.54 Å². The van der Waals surface area contributed by atoms with Crippen LogP contribution < -0.4 is 14.8 Å². The third-order valence-corrected chi connectivity index (χ3v) is 4.25. The number of hydrogen-bond acceptors (Lipinski definition) is 3. The summed E-state index contributed by atoms with van der Waals surface area (Å²) in [5, 5.41) is 3.71. The minimum Gasteiger partial charge on any atom is -0.493 e. The van der Waals surface area contributed by atoms with E-state index in [0.717, 1.165) is 18.0 Å². The minimum atomic E-state index is 0.159. The normalized spacial score (nSPS) is 16.9. The van der Waals surface area contributed by atoms with E-state index in [1.165, 1.54) is 31.2 Å². The summed E-state index contributed by atoms with van der Waals surface area (Å²) in [7, 11) is 1.69. The van der Waals surface area contributed by atoms with Gasteiger partial charge in [0.2, 0.25) is 0 Å². The summed E-state index contributed by atoms with van der Waals surface area (Å²) in [6, 6.07) is 6.21. The van der Waals surface area contributed by atoms with Crippen molar-refractivity contribution in [2.24, 2.45) is 0 Å². The second-order valence-corrected chi connectivity index (χ2v) is 5.99. The first-order chi connectivity index (χ1) is 9.58. The van der Waals surface area contributed by atoms with E-state index < -0.39 is 0 Å². The summed E-state index contributed by atoms with van der Waals surface area (Å²) in [4.78, 5) is 0. The van der Waals surface area contributed by atoms with Crippen molar-refractivity contribution in [3.05, 3.63) is 23.8 Å². The Balaban J connectivity index is 2.02. The Bertz CT molecular complexity index is 433. The maximum absolute atomic E-state index is 5.74. The van der Waals surface area contributed by atoms with Gasteiger partial charge in [-0.05, 0) is 57.2 Å². The number of benzene rings is 1. The largest absolute Gasteiger partial charge is 0.493 e. The second kappa shape index (κ2) is 6.49. The van der Waals surface area contributed by atoms with Gasteiger partial charge in [-0.25, -0.2) is 0 Å². The highest BCUT2D eigenvalue weighted by Gasteiger charge is 2.34. The standard InChI is InChI=1S/C17H27NO2/c1-5-17(9-6-10-17)18-12-14-7-8-15(20-13(2)3)16(11-14)19-4/h7-8,11,13,18H,5-6,9-10,12H2,1-4H3. The summed E-state index contributed by atoms with van der Waals surface area (Å²) in [5.74, 6) is 1.64. The number of methoxy groups -OCH3 is 1. The molecule has 1 aliphatic rings. The third kappa shape index (κ3) is 3.45. The fraction of sp³-hybridized carbons (Fsp3) is 0.647. The van der Waals surface area contributed by atoms with Crippen molar-refractivity contribution >= 4 is 0 Å². The number of rotatable bonds is 7. The fourth-order valence-electron chi connectivity index (χ4n) is 2.72. The van der Waals surface area contributed by atoms with Crippen LogP contribution in [0.2, 0.25) is 0 Å². The maximum Gasteiger partial charge on any atom is 0.161 e. The second-order valence-electron chi connectivity index (χ2n) is 5.99. The number of ether oxygens (including phenoxy) is 2. The quantitative estimate of drug-likeness (QED) is 0.820. The van der Waals surface area contributed by atoms with Crippen molar-refractivity contribution in [1.82, 2.24) is 5.32 Å². The molecule has 0 saturated heterocycles. The molecule has 3 heteroatoms. The average molecular weight is 277 g/mol. The monoisotopic (exact) mass is 277 g/mol. The highest BCUT2D eigenvalue weighted by Crippen LogP contribution is 2.35. The SMILES string of the molecule is CCC1(NCc2ccc(OC(C)C)c(OC)c2)CCC1. The molecule has 0 heterocycles. The Hall–Kier alpha value is -1.22. The molecule has 1 aliphatic carbocycles. The summed E-state index contributed by atoms with van der Waals surface area (Å²) >= 11 is 0. The Morgan fingerprint density at radius 1 is 1.25 bits per heavy atom. The molecule has 1 saturated carbocycles. The van der Waals surface area contributed by atoms with Crippen molar-refractivity contribution in [3.63, 3.8) is 0 Å². The molecule has 0 aromatic heterocycles. The van der Waals surface area contributed by atoms with Gasteiger partial charge in [-0.1, -0.05) is 13.0 Å². The third-order valence-electron chi connectivity index (χ3n) is 4.25. The summed E-state index contributed by atoms with van der Waals surface area (Å²) in [6.45, 7) is 7.21. The van der Waals surface area contributed by atoms with Gasteiger partial charge in [0.05, 0.1) is 13.2 Å². The number of hydrogen-bond donors (Lipinski definition) is 1. The van der Waals surface area contributed by atoms with E-state index in [9.17, 15) is 0 Å². The minimum absolute atomic E-state index is 0.159. The van der Waals surface area contributed by atoms with Crippen LogP contribution in [0.25, 0.3) is 0 Å². The van der Waals surface area contributed by atoms with Crippen LogP contribution in [0.3, 0.4) is 0 Å². The van der Waals surface area contributed by atoms with Crippen molar-refractivity contribution < 1.29 is 9.47 Å². The Labute approximate surface area is 122 Å². The van der Waals surface area contributed by atoms with Crippen LogP contribution in [0.15, 0.2) is 18.2 Å². The lowest BCUT2D eigenvalue weighted by molar-refractivity contribution is 0.175. The molecule has 112 valence electrons. The van der Waals surface area contributed by atoms with Crippen molar-refractivity contribution in [2.75, 3.05) is 7.11 Å². The average Bonchev–Trinajstić information content (AvgIpc) is 2.39. The molecule has 2 rings (SSSR count). The molecule has 0 atom stereocenters. The fourth-order valence-corrected chi connectivity index (χ4v) is 2.72. The Morgan fingerprint density at radius 2 is 2.00 bits per heavy atom. The summed E-state index contributed by atoms with van der Waals surface area (Å²) < 4.78 is 11.2. The van der Waals surface area contributed by atoms with E-state index in [2.05, 4.69) is 24.4 Å². The van der Waals surface area contributed by atoms with E-state index in [-0.39, 0.29) is 6.10 Å². The molecule has 0 spiro atoms. The van der Waals surface area contributed by atoms with Gasteiger partial charge in [-0.15, -0.1) is 0 Å². The van der Waals surface area contributed by atoms with Crippen molar-refractivity contribution in [3.8, 4) is 11.5 Å². The molecule has 3 nitrogen and oxygen atoms in total. The molecule has 0 unspecified atom stereocenters. The maximum atomic E-state index is 5.74. The van der Waals surface area contributed by atoms with Gasteiger partial charge in [0.1, 0.15) is 0 Å². The molecule has 0 radical (unpaired) electrons. The lowest BCUT2D eigenvalue weighted by Crippen LogP contribution is -2.49. The molecule has 1 fully saturated rings. The molecule has 1 aromatic carbocycles. The van der Waals surface area contributed by atoms with Crippen molar-refractivity contribution in [2.45, 2.75) is 64.6 Å². The predicted octanol–water partition coefficient (Wildman–Crippen LogP) is 3.90. The van der Waals surface area contributed by atoms with Gasteiger partial charge in [-0.3, -0.25) is 0 Å². The highest BCUT2D eigenvalue weighted by atomic mass is 16.5. The van der Waals surface area contributed by atoms with Crippen LogP contribution in [-0.4, -0.2) is 18.8 Å². The first-order valence-electron chi connectivity index (χ1n) is 7.67. The molecule has 20 heavy (non-hydrogen) atoms. The van der Waals surface area contributed by atoms with Crippen molar-refractivity contribution in [1.29, 1.82) is 0 Å². The first-order valence-corrected chi connectivity index (χ1v) is 7.67. The summed E-state index contributed by atoms with van der Waals surface area (Å²) in [6.07, 6.45) is 5.32. The van der Waals surface area contributed by atoms with Crippen LogP contribution in [0.1, 0.15) is 52.0 Å². The lowest BCUT2D eigenvalue weighted by Gasteiger charge is -2.42. The van der Waals surface area contributed by atoms with Gasteiger partial charge < -0.3 is 14.8 Å². The first kappa shape index (κ1) is 15.2. The molecule has 1 N–H and O–H groups in total. The van der Waals surface area contributed by atoms with Gasteiger partial charge in [0.25, 0.3) is 0 Å². The van der Waals surface area contributed by atoms with Gasteiger partial charge in [-0.2, -0.15) is 0 Å². The van der Waals surface area contributed by atoms with E-state index in [4.69, 9.17) is 9.47 Å². The zero-order valence-corrected chi connectivity index (χ0v) is 13.2. The highest BCUT2D eigenvalue weighted by molar-refractivity contribution is 5.43. The van der Waals surface area contributed by atoms with Crippen LogP contribution in [0.4, 0.5) is 0 Å². The van der Waals surface area contributed by atoms with Crippen LogP contribution in [0, 0.1) is 0 Å². The zero-order valence-electron chi connectivity index (χ0n) is 13.2. The molecule has 0 aliphatic heterocycles. The van der Waals surface area contributed by atoms with Crippen LogP contribution >= 0.6 is 0 Å². The molecular formula is C17H27NO2. The Kier molecular flexibility index (Phi) is 4.92. The predicted molar refractivity (Wildman–Crippen MR) is 82.5 cm³/mol.